The van der Waals surface area contributed by atoms with Gasteiger partial charge in [0.25, 0.3) is 0 Å². The Morgan fingerprint density at radius 3 is 1.46 bits per heavy atom. The molecule has 0 bridgehead atoms. The fourth-order valence-corrected chi connectivity index (χ4v) is 6.67. The third kappa shape index (κ3) is 7.10. The molecular weight excluding hydrogens is 588 g/mol. The molecule has 2 saturated heterocycles. The largest absolute Gasteiger partial charge is 0.456 e. The summed E-state index contributed by atoms with van der Waals surface area (Å²) in [6.45, 7) is 11.2. The first-order chi connectivity index (χ1) is 22.3. The Bertz CT molecular complexity index is 1320. The first-order valence-corrected chi connectivity index (χ1v) is 16.3. The second-order valence-corrected chi connectivity index (χ2v) is 12.3. The van der Waals surface area contributed by atoms with Crippen LogP contribution >= 0.6 is 0 Å². The second-order valence-electron chi connectivity index (χ2n) is 12.3. The lowest BCUT2D eigenvalue weighted by Gasteiger charge is -2.33. The van der Waals surface area contributed by atoms with E-state index in [9.17, 15) is 9.59 Å². The number of fused-ring (bicyclic) bond motifs is 2. The molecule has 46 heavy (non-hydrogen) atoms. The van der Waals surface area contributed by atoms with Gasteiger partial charge in [0, 0.05) is 74.2 Å². The van der Waals surface area contributed by atoms with E-state index in [1.54, 1.807) is 13.8 Å². The van der Waals surface area contributed by atoms with Gasteiger partial charge in [-0.1, -0.05) is 12.1 Å². The molecule has 4 unspecified atom stereocenters. The average Bonchev–Trinajstić information content (AvgIpc) is 3.71. The van der Waals surface area contributed by atoms with Crippen molar-refractivity contribution in [2.24, 2.45) is 11.5 Å². The summed E-state index contributed by atoms with van der Waals surface area (Å²) in [5.41, 5.74) is 20.0. The number of nitrogens with two attached hydrogens (primary N) is 2. The molecule has 12 heteroatoms. The molecule has 0 aromatic heterocycles. The summed E-state index contributed by atoms with van der Waals surface area (Å²) < 4.78 is 22.2. The van der Waals surface area contributed by atoms with E-state index in [0.717, 1.165) is 87.0 Å². The minimum absolute atomic E-state index is 0.546. The highest BCUT2D eigenvalue weighted by Gasteiger charge is 2.31. The minimum atomic E-state index is -0.664. The second kappa shape index (κ2) is 14.3. The van der Waals surface area contributed by atoms with Gasteiger partial charge in [0.1, 0.15) is 24.5 Å². The van der Waals surface area contributed by atoms with Crippen LogP contribution in [-0.4, -0.2) is 102 Å². The number of esters is 2. The fraction of sp³-hybridized carbons (Fsp3) is 0.529. The Kier molecular flexibility index (Phi) is 9.98. The van der Waals surface area contributed by atoms with Crippen LogP contribution in [0.4, 0.5) is 22.7 Å². The van der Waals surface area contributed by atoms with Crippen molar-refractivity contribution >= 4 is 34.7 Å². The Labute approximate surface area is 270 Å². The van der Waals surface area contributed by atoms with Crippen LogP contribution in [0.1, 0.15) is 25.0 Å². The van der Waals surface area contributed by atoms with Gasteiger partial charge in [-0.05, 0) is 62.1 Å². The fourth-order valence-electron chi connectivity index (χ4n) is 6.67. The molecule has 4 aliphatic heterocycles. The predicted molar refractivity (Wildman–Crippen MR) is 177 cm³/mol. The van der Waals surface area contributed by atoms with Gasteiger partial charge in [-0.3, -0.25) is 0 Å². The Morgan fingerprint density at radius 1 is 0.674 bits per heavy atom. The average molecular weight is 635 g/mol. The molecule has 0 amide bonds. The SMILES string of the molecule is CC(OC(=O)/C=C/C(=O)OC(C)C(N)N1CCc2ccc(N3CCOCC3)cc21)C(N)N1CCc2ccc(N3CCOCC3)cc21. The van der Waals surface area contributed by atoms with Gasteiger partial charge in [0.05, 0.1) is 26.4 Å². The van der Waals surface area contributed by atoms with E-state index >= 15 is 0 Å². The Balaban J connectivity index is 1.00. The molecule has 2 fully saturated rings. The smallest absolute Gasteiger partial charge is 0.331 e. The van der Waals surface area contributed by atoms with E-state index in [0.29, 0.717) is 26.4 Å². The topological polar surface area (TPSA) is 136 Å². The number of benzene rings is 2. The molecule has 0 aliphatic carbocycles. The molecule has 0 radical (unpaired) electrons. The molecule has 6 rings (SSSR count). The number of anilines is 4. The summed E-state index contributed by atoms with van der Waals surface area (Å²) in [5.74, 6) is -1.33. The van der Waals surface area contributed by atoms with Gasteiger partial charge >= 0.3 is 11.9 Å². The Hall–Kier alpha value is -3.84. The number of hydrogen-bond acceptors (Lipinski definition) is 12. The van der Waals surface area contributed by atoms with E-state index < -0.39 is 36.5 Å². The number of rotatable bonds is 10. The van der Waals surface area contributed by atoms with Crippen molar-refractivity contribution in [1.29, 1.82) is 0 Å². The zero-order chi connectivity index (χ0) is 32.2. The number of morpholine rings is 2. The maximum atomic E-state index is 12.7. The maximum absolute atomic E-state index is 12.7. The van der Waals surface area contributed by atoms with Crippen molar-refractivity contribution in [2.45, 2.75) is 51.2 Å². The monoisotopic (exact) mass is 634 g/mol. The zero-order valence-corrected chi connectivity index (χ0v) is 26.8. The maximum Gasteiger partial charge on any atom is 0.331 e. The van der Waals surface area contributed by atoms with Crippen molar-refractivity contribution in [3.8, 4) is 0 Å². The first kappa shape index (κ1) is 32.1. The lowest BCUT2D eigenvalue weighted by atomic mass is 10.1. The molecule has 4 N–H and O–H groups in total. The highest BCUT2D eigenvalue weighted by atomic mass is 16.6. The Morgan fingerprint density at radius 2 is 1.07 bits per heavy atom. The van der Waals surface area contributed by atoms with Gasteiger partial charge in [-0.25, -0.2) is 9.59 Å². The van der Waals surface area contributed by atoms with Crippen LogP contribution < -0.4 is 31.1 Å². The van der Waals surface area contributed by atoms with E-state index in [1.807, 2.05) is 0 Å². The predicted octanol–water partition coefficient (Wildman–Crippen LogP) is 1.77. The van der Waals surface area contributed by atoms with E-state index in [4.69, 9.17) is 30.4 Å². The summed E-state index contributed by atoms with van der Waals surface area (Å²) >= 11 is 0. The molecule has 2 aromatic rings. The minimum Gasteiger partial charge on any atom is -0.456 e. The van der Waals surface area contributed by atoms with Gasteiger partial charge in [-0.2, -0.15) is 0 Å². The third-order valence-electron chi connectivity index (χ3n) is 9.39. The number of ether oxygens (including phenoxy) is 4. The van der Waals surface area contributed by atoms with Crippen molar-refractivity contribution < 1.29 is 28.5 Å². The summed E-state index contributed by atoms with van der Waals surface area (Å²) in [6, 6.07) is 12.9. The summed E-state index contributed by atoms with van der Waals surface area (Å²) in [5, 5.41) is 0. The van der Waals surface area contributed by atoms with Crippen molar-refractivity contribution in [1.82, 2.24) is 0 Å². The third-order valence-corrected chi connectivity index (χ3v) is 9.39. The van der Waals surface area contributed by atoms with Crippen LogP contribution in [0.25, 0.3) is 0 Å². The lowest BCUT2D eigenvalue weighted by Crippen LogP contribution is -2.50. The number of carbonyl (C=O) groups excluding carboxylic acids is 2. The molecule has 12 nitrogen and oxygen atoms in total. The van der Waals surface area contributed by atoms with Crippen LogP contribution in [0.15, 0.2) is 48.6 Å². The lowest BCUT2D eigenvalue weighted by molar-refractivity contribution is -0.146. The highest BCUT2D eigenvalue weighted by Crippen LogP contribution is 2.35. The van der Waals surface area contributed by atoms with Crippen LogP contribution in [0.2, 0.25) is 0 Å². The summed E-state index contributed by atoms with van der Waals surface area (Å²) in [6.07, 6.45) is 1.59. The zero-order valence-electron chi connectivity index (χ0n) is 26.8. The van der Waals surface area contributed by atoms with E-state index in [2.05, 4.69) is 56.0 Å². The molecule has 2 aromatic carbocycles. The van der Waals surface area contributed by atoms with E-state index in [-0.39, 0.29) is 0 Å². The van der Waals surface area contributed by atoms with Gasteiger partial charge < -0.3 is 50.0 Å². The van der Waals surface area contributed by atoms with Gasteiger partial charge in [-0.15, -0.1) is 0 Å². The standard InChI is InChI=1S/C34H46N6O6/c1-23(33(35)39-11-9-25-3-5-27(21-29(25)39)37-13-17-43-18-14-37)45-31(41)7-8-32(42)46-24(2)34(36)40-12-10-26-4-6-28(22-30(26)40)38-15-19-44-20-16-38/h3-8,21-24,33-34H,9-20,35-36H2,1-2H3/b8-7+. The number of nitrogens with zero attached hydrogens (tertiary/aromatic N) is 4. The molecule has 0 spiro atoms. The highest BCUT2D eigenvalue weighted by molar-refractivity contribution is 5.91. The van der Waals surface area contributed by atoms with Crippen molar-refractivity contribution in [2.75, 3.05) is 85.3 Å². The van der Waals surface area contributed by atoms with Crippen LogP contribution in [0, 0.1) is 0 Å². The van der Waals surface area contributed by atoms with E-state index in [1.165, 1.54) is 11.1 Å². The van der Waals surface area contributed by atoms with Crippen LogP contribution in [0.3, 0.4) is 0 Å². The molecule has 4 aliphatic rings. The van der Waals surface area contributed by atoms with Gasteiger partial charge in [0.15, 0.2) is 0 Å². The molecule has 248 valence electrons. The molecule has 4 atom stereocenters. The normalized spacial score (nSPS) is 20.7. The summed E-state index contributed by atoms with van der Waals surface area (Å²) in [4.78, 5) is 34.1. The molecular formula is C34H46N6O6. The molecule has 0 saturated carbocycles. The van der Waals surface area contributed by atoms with Crippen LogP contribution in [-0.2, 0) is 41.4 Å². The van der Waals surface area contributed by atoms with Crippen molar-refractivity contribution in [3.05, 3.63) is 59.7 Å². The quantitative estimate of drug-likeness (QED) is 0.291. The molecule has 4 heterocycles. The van der Waals surface area contributed by atoms with Gasteiger partial charge in [0.2, 0.25) is 0 Å². The van der Waals surface area contributed by atoms with Crippen molar-refractivity contribution in [3.63, 3.8) is 0 Å². The number of hydrogen-bond donors (Lipinski definition) is 2. The van der Waals surface area contributed by atoms with Crippen LogP contribution in [0.5, 0.6) is 0 Å². The first-order valence-electron chi connectivity index (χ1n) is 16.3. The number of carbonyl (C=O) groups is 2. The summed E-state index contributed by atoms with van der Waals surface area (Å²) in [7, 11) is 0.